The van der Waals surface area contributed by atoms with Gasteiger partial charge in [-0.25, -0.2) is 4.79 Å². The van der Waals surface area contributed by atoms with E-state index in [1.165, 1.54) is 0 Å². The van der Waals surface area contributed by atoms with Crippen LogP contribution in [0, 0.1) is 0 Å². The standard InChI is InChI=1S/C8H9ClN2O5/c9-3-5(12)10-4-8(15)16-11-6(13)1-2-7(11)14/h1-4H2,(H,10,12). The third-order valence-corrected chi connectivity index (χ3v) is 1.99. The van der Waals surface area contributed by atoms with Crippen molar-refractivity contribution in [2.24, 2.45) is 0 Å². The van der Waals surface area contributed by atoms with Crippen LogP contribution < -0.4 is 5.32 Å². The zero-order valence-electron chi connectivity index (χ0n) is 8.19. The molecule has 16 heavy (non-hydrogen) atoms. The maximum Gasteiger partial charge on any atom is 0.352 e. The van der Waals surface area contributed by atoms with Gasteiger partial charge in [0.1, 0.15) is 12.4 Å². The number of carbonyl (C=O) groups excluding carboxylic acids is 4. The van der Waals surface area contributed by atoms with Crippen LogP contribution in [0.3, 0.4) is 0 Å². The zero-order chi connectivity index (χ0) is 12.1. The number of imide groups is 1. The second-order valence-electron chi connectivity index (χ2n) is 2.96. The first-order valence-electron chi connectivity index (χ1n) is 4.44. The van der Waals surface area contributed by atoms with Crippen molar-refractivity contribution >= 4 is 35.3 Å². The molecular weight excluding hydrogens is 240 g/mol. The minimum atomic E-state index is -0.901. The highest BCUT2D eigenvalue weighted by Crippen LogP contribution is 2.11. The van der Waals surface area contributed by atoms with Gasteiger partial charge in [0.15, 0.2) is 0 Å². The molecule has 1 N–H and O–H groups in total. The molecule has 0 spiro atoms. The van der Waals surface area contributed by atoms with Gasteiger partial charge in [0.05, 0.1) is 0 Å². The molecule has 0 radical (unpaired) electrons. The number of carbonyl (C=O) groups is 4. The SMILES string of the molecule is O=C(CCl)NCC(=O)ON1C(=O)CCC1=O. The lowest BCUT2D eigenvalue weighted by Gasteiger charge is -2.12. The summed E-state index contributed by atoms with van der Waals surface area (Å²) in [4.78, 5) is 48.3. The Bertz CT molecular complexity index is 327. The number of nitrogens with one attached hydrogen (secondary N) is 1. The van der Waals surface area contributed by atoms with Crippen molar-refractivity contribution in [1.29, 1.82) is 0 Å². The summed E-state index contributed by atoms with van der Waals surface area (Å²) in [6.07, 6.45) is 0.0559. The van der Waals surface area contributed by atoms with Crippen LogP contribution in [0.1, 0.15) is 12.8 Å². The predicted molar refractivity (Wildman–Crippen MR) is 50.9 cm³/mol. The molecular formula is C8H9ClN2O5. The summed E-state index contributed by atoms with van der Waals surface area (Å²) in [7, 11) is 0. The number of nitrogens with zero attached hydrogens (tertiary/aromatic N) is 1. The Morgan fingerprint density at radius 3 is 2.38 bits per heavy atom. The molecule has 3 amide bonds. The second-order valence-corrected chi connectivity index (χ2v) is 3.22. The van der Waals surface area contributed by atoms with Gasteiger partial charge in [-0.05, 0) is 0 Å². The minimum Gasteiger partial charge on any atom is -0.344 e. The van der Waals surface area contributed by atoms with Gasteiger partial charge in [-0.1, -0.05) is 0 Å². The van der Waals surface area contributed by atoms with Gasteiger partial charge in [-0.2, -0.15) is 0 Å². The Balaban J connectivity index is 2.36. The third-order valence-electron chi connectivity index (χ3n) is 1.75. The van der Waals surface area contributed by atoms with Gasteiger partial charge < -0.3 is 10.2 Å². The first kappa shape index (κ1) is 12.4. The Morgan fingerprint density at radius 2 is 1.88 bits per heavy atom. The summed E-state index contributed by atoms with van der Waals surface area (Å²) in [6.45, 7) is -0.442. The molecule has 0 aromatic carbocycles. The summed E-state index contributed by atoms with van der Waals surface area (Å²) >= 11 is 5.17. The molecule has 0 aliphatic carbocycles. The largest absolute Gasteiger partial charge is 0.352 e. The molecule has 0 saturated carbocycles. The van der Waals surface area contributed by atoms with Gasteiger partial charge in [0.2, 0.25) is 5.91 Å². The van der Waals surface area contributed by atoms with E-state index in [9.17, 15) is 19.2 Å². The van der Waals surface area contributed by atoms with Crippen molar-refractivity contribution in [3.63, 3.8) is 0 Å². The summed E-state index contributed by atoms with van der Waals surface area (Å²) in [5.74, 6) is -2.86. The molecule has 1 saturated heterocycles. The number of hydroxylamine groups is 2. The molecule has 0 aromatic heterocycles. The maximum absolute atomic E-state index is 11.1. The number of alkyl halides is 1. The summed E-state index contributed by atoms with van der Waals surface area (Å²) < 4.78 is 0. The molecule has 0 aromatic rings. The van der Waals surface area contributed by atoms with E-state index in [0.29, 0.717) is 5.06 Å². The van der Waals surface area contributed by atoms with Crippen LogP contribution in [0.15, 0.2) is 0 Å². The fourth-order valence-electron chi connectivity index (χ4n) is 1.01. The average Bonchev–Trinajstić information content (AvgIpc) is 2.57. The lowest BCUT2D eigenvalue weighted by Crippen LogP contribution is -2.37. The predicted octanol–water partition coefficient (Wildman–Crippen LogP) is -1.05. The fourth-order valence-corrected chi connectivity index (χ4v) is 1.10. The van der Waals surface area contributed by atoms with Crippen LogP contribution in [0.5, 0.6) is 0 Å². The summed E-state index contributed by atoms with van der Waals surface area (Å²) in [5.41, 5.74) is 0. The number of hydrogen-bond acceptors (Lipinski definition) is 5. The highest BCUT2D eigenvalue weighted by Gasteiger charge is 2.32. The van der Waals surface area contributed by atoms with Crippen LogP contribution in [-0.4, -0.2) is 41.2 Å². The molecule has 1 aliphatic heterocycles. The van der Waals surface area contributed by atoms with E-state index < -0.39 is 30.2 Å². The molecule has 8 heteroatoms. The second kappa shape index (κ2) is 5.45. The van der Waals surface area contributed by atoms with E-state index in [-0.39, 0.29) is 18.7 Å². The monoisotopic (exact) mass is 248 g/mol. The minimum absolute atomic E-state index is 0.0279. The van der Waals surface area contributed by atoms with Crippen molar-refractivity contribution in [3.05, 3.63) is 0 Å². The molecule has 1 fully saturated rings. The summed E-state index contributed by atoms with van der Waals surface area (Å²) in [5, 5.41) is 2.55. The fraction of sp³-hybridized carbons (Fsp3) is 0.500. The Hall–Kier alpha value is -1.63. The van der Waals surface area contributed by atoms with Crippen LogP contribution >= 0.6 is 11.6 Å². The quantitative estimate of drug-likeness (QED) is 0.506. The topological polar surface area (TPSA) is 92.8 Å². The van der Waals surface area contributed by atoms with Gasteiger partial charge >= 0.3 is 5.97 Å². The molecule has 7 nitrogen and oxygen atoms in total. The lowest BCUT2D eigenvalue weighted by molar-refractivity contribution is -0.196. The molecule has 1 rings (SSSR count). The van der Waals surface area contributed by atoms with Gasteiger partial charge in [0.25, 0.3) is 11.8 Å². The van der Waals surface area contributed by atoms with Crippen molar-refractivity contribution < 1.29 is 24.0 Å². The summed E-state index contributed by atoms with van der Waals surface area (Å²) in [6, 6.07) is 0. The first-order valence-corrected chi connectivity index (χ1v) is 4.97. The molecule has 0 bridgehead atoms. The molecule has 88 valence electrons. The van der Waals surface area contributed by atoms with E-state index in [1.807, 2.05) is 0 Å². The highest BCUT2D eigenvalue weighted by molar-refractivity contribution is 6.27. The van der Waals surface area contributed by atoms with E-state index in [1.54, 1.807) is 0 Å². The molecule has 1 heterocycles. The van der Waals surface area contributed by atoms with Gasteiger partial charge in [-0.3, -0.25) is 14.4 Å². The Kier molecular flexibility index (Phi) is 4.24. The highest BCUT2D eigenvalue weighted by atomic mass is 35.5. The lowest BCUT2D eigenvalue weighted by atomic mass is 10.4. The van der Waals surface area contributed by atoms with Gasteiger partial charge in [0, 0.05) is 12.8 Å². The van der Waals surface area contributed by atoms with Crippen LogP contribution in [0.25, 0.3) is 0 Å². The van der Waals surface area contributed by atoms with Crippen LogP contribution in [0.2, 0.25) is 0 Å². The molecule has 0 unspecified atom stereocenters. The van der Waals surface area contributed by atoms with E-state index in [2.05, 4.69) is 10.2 Å². The number of hydrogen-bond donors (Lipinski definition) is 1. The normalized spacial score (nSPS) is 15.2. The maximum atomic E-state index is 11.1. The molecule has 1 aliphatic rings. The third kappa shape index (κ3) is 3.20. The smallest absolute Gasteiger partial charge is 0.344 e. The van der Waals surface area contributed by atoms with Crippen molar-refractivity contribution in [1.82, 2.24) is 10.4 Å². The zero-order valence-corrected chi connectivity index (χ0v) is 8.95. The van der Waals surface area contributed by atoms with Crippen molar-refractivity contribution in [2.75, 3.05) is 12.4 Å². The van der Waals surface area contributed by atoms with E-state index >= 15 is 0 Å². The number of amides is 3. The number of halogens is 1. The Labute approximate surface area is 95.6 Å². The average molecular weight is 249 g/mol. The van der Waals surface area contributed by atoms with Crippen LogP contribution in [-0.2, 0) is 24.0 Å². The van der Waals surface area contributed by atoms with Crippen LogP contribution in [0.4, 0.5) is 0 Å². The first-order chi connectivity index (χ1) is 7.54. The van der Waals surface area contributed by atoms with Gasteiger partial charge in [-0.15, -0.1) is 16.7 Å². The van der Waals surface area contributed by atoms with Crippen molar-refractivity contribution in [2.45, 2.75) is 12.8 Å². The van der Waals surface area contributed by atoms with E-state index in [0.717, 1.165) is 0 Å². The molecule has 0 atom stereocenters. The number of rotatable bonds is 4. The Morgan fingerprint density at radius 1 is 1.31 bits per heavy atom. The van der Waals surface area contributed by atoms with Crippen molar-refractivity contribution in [3.8, 4) is 0 Å². The van der Waals surface area contributed by atoms with E-state index in [4.69, 9.17) is 11.6 Å².